The summed E-state index contributed by atoms with van der Waals surface area (Å²) in [6.45, 7) is 1.88. The first-order chi connectivity index (χ1) is 7.78. The molecule has 0 aromatic carbocycles. The quantitative estimate of drug-likeness (QED) is 0.759. The Balaban J connectivity index is 2.02. The molecule has 0 aliphatic rings. The van der Waals surface area contributed by atoms with E-state index in [2.05, 4.69) is 9.97 Å². The molecule has 2 rings (SSSR count). The van der Waals surface area contributed by atoms with Crippen molar-refractivity contribution in [2.75, 3.05) is 0 Å². The third kappa shape index (κ3) is 2.61. The molecule has 0 radical (unpaired) electrons. The Hall–Kier alpha value is -1.80. The fourth-order valence-corrected chi connectivity index (χ4v) is 1.96. The molecule has 0 saturated carbocycles. The van der Waals surface area contributed by atoms with Crippen LogP contribution in [0.5, 0.6) is 0 Å². The van der Waals surface area contributed by atoms with Crippen LogP contribution in [0.15, 0.2) is 34.2 Å². The summed E-state index contributed by atoms with van der Waals surface area (Å²) in [5.41, 5.74) is 2.34. The summed E-state index contributed by atoms with van der Waals surface area (Å²) in [6, 6.07) is 5.66. The first-order valence-corrected chi connectivity index (χ1v) is 5.66. The number of pyridine rings is 1. The van der Waals surface area contributed by atoms with Crippen molar-refractivity contribution in [1.29, 1.82) is 5.26 Å². The van der Waals surface area contributed by atoms with Gasteiger partial charge in [-0.25, -0.2) is 9.97 Å². The molecule has 0 atom stereocenters. The summed E-state index contributed by atoms with van der Waals surface area (Å²) in [5.74, 6) is 0.719. The predicted molar refractivity (Wildman–Crippen MR) is 59.8 cm³/mol. The van der Waals surface area contributed by atoms with Crippen LogP contribution in [-0.4, -0.2) is 9.97 Å². The van der Waals surface area contributed by atoms with E-state index in [0.717, 1.165) is 17.0 Å². The number of nitrogens with zero attached hydrogens (tertiary/aromatic N) is 3. The predicted octanol–water partition coefficient (Wildman–Crippen LogP) is 2.54. The fourth-order valence-electron chi connectivity index (χ4n) is 1.17. The zero-order chi connectivity index (χ0) is 11.4. The van der Waals surface area contributed by atoms with Gasteiger partial charge in [0, 0.05) is 11.9 Å². The maximum absolute atomic E-state index is 8.70. The maximum atomic E-state index is 8.70. The smallest absolute Gasteiger partial charge is 0.256 e. The molecule has 0 N–H and O–H groups in total. The van der Waals surface area contributed by atoms with Gasteiger partial charge in [0.05, 0.1) is 5.69 Å². The molecule has 2 aromatic heterocycles. The summed E-state index contributed by atoms with van der Waals surface area (Å²) >= 11 is 1.50. The molecule has 0 fully saturated rings. The number of hydrogen-bond acceptors (Lipinski definition) is 5. The second kappa shape index (κ2) is 4.81. The normalized spacial score (nSPS) is 10.0. The summed E-state index contributed by atoms with van der Waals surface area (Å²) in [7, 11) is 0. The molecule has 0 spiro atoms. The van der Waals surface area contributed by atoms with Crippen molar-refractivity contribution in [1.82, 2.24) is 9.97 Å². The van der Waals surface area contributed by atoms with Crippen LogP contribution in [0.2, 0.25) is 0 Å². The minimum absolute atomic E-state index is 0.432. The lowest BCUT2D eigenvalue weighted by molar-refractivity contribution is 0.454. The minimum Gasteiger partial charge on any atom is -0.440 e. The highest BCUT2D eigenvalue weighted by atomic mass is 32.2. The van der Waals surface area contributed by atoms with Crippen molar-refractivity contribution in [2.45, 2.75) is 17.9 Å². The van der Waals surface area contributed by atoms with Gasteiger partial charge in [-0.3, -0.25) is 0 Å². The summed E-state index contributed by atoms with van der Waals surface area (Å²) < 4.78 is 5.21. The molecule has 0 aliphatic carbocycles. The number of aromatic nitrogens is 2. The number of rotatable bonds is 3. The van der Waals surface area contributed by atoms with Crippen LogP contribution in [0.1, 0.15) is 17.0 Å². The lowest BCUT2D eigenvalue weighted by Gasteiger charge is -1.97. The lowest BCUT2D eigenvalue weighted by atomic mass is 10.2. The van der Waals surface area contributed by atoms with Crippen molar-refractivity contribution >= 4 is 11.8 Å². The van der Waals surface area contributed by atoms with Gasteiger partial charge in [-0.1, -0.05) is 11.8 Å². The van der Waals surface area contributed by atoms with Crippen molar-refractivity contribution < 1.29 is 4.42 Å². The van der Waals surface area contributed by atoms with Gasteiger partial charge in [0.1, 0.15) is 18.0 Å². The zero-order valence-electron chi connectivity index (χ0n) is 8.67. The third-order valence-corrected chi connectivity index (χ3v) is 2.81. The second-order valence-electron chi connectivity index (χ2n) is 3.20. The van der Waals surface area contributed by atoms with E-state index in [1.54, 1.807) is 18.5 Å². The Morgan fingerprint density at radius 1 is 1.56 bits per heavy atom. The van der Waals surface area contributed by atoms with Gasteiger partial charge < -0.3 is 4.42 Å². The van der Waals surface area contributed by atoms with E-state index in [9.17, 15) is 0 Å². The largest absolute Gasteiger partial charge is 0.440 e. The highest BCUT2D eigenvalue weighted by Crippen LogP contribution is 2.21. The Kier molecular flexibility index (Phi) is 3.22. The molecule has 2 aromatic rings. The number of thioether (sulfide) groups is 1. The topological polar surface area (TPSA) is 62.7 Å². The van der Waals surface area contributed by atoms with Crippen molar-refractivity contribution in [3.05, 3.63) is 41.5 Å². The highest BCUT2D eigenvalue weighted by Gasteiger charge is 2.03. The molecule has 0 aliphatic heterocycles. The highest BCUT2D eigenvalue weighted by molar-refractivity contribution is 7.98. The van der Waals surface area contributed by atoms with Gasteiger partial charge >= 0.3 is 0 Å². The second-order valence-corrected chi connectivity index (χ2v) is 4.13. The van der Waals surface area contributed by atoms with Crippen LogP contribution in [0.3, 0.4) is 0 Å². The standard InChI is InChI=1S/C11H9N3OS/c1-8-6-15-11(14-8)16-7-9-2-3-13-10(4-9)5-12/h2-4,6H,7H2,1H3. The number of aryl methyl sites for hydroxylation is 1. The maximum Gasteiger partial charge on any atom is 0.256 e. The zero-order valence-corrected chi connectivity index (χ0v) is 9.49. The van der Waals surface area contributed by atoms with Gasteiger partial charge in [-0.05, 0) is 24.6 Å². The molecular formula is C11H9N3OS. The van der Waals surface area contributed by atoms with E-state index in [-0.39, 0.29) is 0 Å². The Labute approximate surface area is 97.3 Å². The molecule has 16 heavy (non-hydrogen) atoms. The van der Waals surface area contributed by atoms with Crippen LogP contribution in [-0.2, 0) is 5.75 Å². The van der Waals surface area contributed by atoms with Crippen LogP contribution in [0, 0.1) is 18.3 Å². The van der Waals surface area contributed by atoms with Gasteiger partial charge in [0.25, 0.3) is 5.22 Å². The Morgan fingerprint density at radius 2 is 2.44 bits per heavy atom. The summed E-state index contributed by atoms with van der Waals surface area (Å²) in [6.07, 6.45) is 3.25. The fraction of sp³-hybridized carbons (Fsp3) is 0.182. The molecule has 80 valence electrons. The van der Waals surface area contributed by atoms with E-state index in [1.165, 1.54) is 11.8 Å². The number of hydrogen-bond donors (Lipinski definition) is 0. The SMILES string of the molecule is Cc1coc(SCc2ccnc(C#N)c2)n1. The van der Waals surface area contributed by atoms with Crippen molar-refractivity contribution in [3.63, 3.8) is 0 Å². The number of nitriles is 1. The first kappa shape index (κ1) is 10.7. The average molecular weight is 231 g/mol. The van der Waals surface area contributed by atoms with E-state index in [0.29, 0.717) is 10.9 Å². The van der Waals surface area contributed by atoms with E-state index in [1.807, 2.05) is 19.1 Å². The van der Waals surface area contributed by atoms with Crippen LogP contribution >= 0.6 is 11.8 Å². The van der Waals surface area contributed by atoms with Crippen LogP contribution in [0.4, 0.5) is 0 Å². The average Bonchev–Trinajstić information content (AvgIpc) is 2.73. The molecule has 0 saturated heterocycles. The van der Waals surface area contributed by atoms with E-state index in [4.69, 9.17) is 9.68 Å². The van der Waals surface area contributed by atoms with Crippen molar-refractivity contribution in [3.8, 4) is 6.07 Å². The van der Waals surface area contributed by atoms with Crippen LogP contribution in [0.25, 0.3) is 0 Å². The van der Waals surface area contributed by atoms with Gasteiger partial charge in [0.15, 0.2) is 0 Å². The van der Waals surface area contributed by atoms with Gasteiger partial charge in [0.2, 0.25) is 0 Å². The summed E-state index contributed by atoms with van der Waals surface area (Å²) in [5, 5.41) is 9.35. The lowest BCUT2D eigenvalue weighted by Crippen LogP contribution is -1.86. The number of oxazole rings is 1. The molecular weight excluding hydrogens is 222 g/mol. The van der Waals surface area contributed by atoms with E-state index >= 15 is 0 Å². The summed E-state index contributed by atoms with van der Waals surface area (Å²) in [4.78, 5) is 8.09. The Morgan fingerprint density at radius 3 is 3.12 bits per heavy atom. The molecule has 2 heterocycles. The molecule has 5 heteroatoms. The van der Waals surface area contributed by atoms with Gasteiger partial charge in [-0.15, -0.1) is 0 Å². The van der Waals surface area contributed by atoms with Crippen LogP contribution < -0.4 is 0 Å². The molecule has 0 amide bonds. The monoisotopic (exact) mass is 231 g/mol. The third-order valence-electron chi connectivity index (χ3n) is 1.90. The molecule has 0 unspecified atom stereocenters. The molecule has 0 bridgehead atoms. The van der Waals surface area contributed by atoms with E-state index < -0.39 is 0 Å². The van der Waals surface area contributed by atoms with Gasteiger partial charge in [-0.2, -0.15) is 5.26 Å². The molecule has 4 nitrogen and oxygen atoms in total. The first-order valence-electron chi connectivity index (χ1n) is 4.68. The minimum atomic E-state index is 0.432. The van der Waals surface area contributed by atoms with Crippen molar-refractivity contribution in [2.24, 2.45) is 0 Å². The Bertz CT molecular complexity index is 530.